The van der Waals surface area contributed by atoms with Gasteiger partial charge in [-0.25, -0.2) is 0 Å². The van der Waals surface area contributed by atoms with Crippen LogP contribution in [0.2, 0.25) is 5.02 Å². The number of carbonyl (C=O) groups is 1. The predicted molar refractivity (Wildman–Crippen MR) is 107 cm³/mol. The van der Waals surface area contributed by atoms with E-state index in [9.17, 15) is 4.79 Å². The molecule has 2 aromatic heterocycles. The number of piperidine rings is 1. The zero-order chi connectivity index (χ0) is 19.5. The lowest BCUT2D eigenvalue weighted by atomic mass is 10.1. The van der Waals surface area contributed by atoms with Gasteiger partial charge in [0.2, 0.25) is 0 Å². The van der Waals surface area contributed by atoms with Gasteiger partial charge in [-0.2, -0.15) is 5.10 Å². The maximum atomic E-state index is 13.1. The van der Waals surface area contributed by atoms with E-state index in [1.165, 1.54) is 0 Å². The molecule has 1 aliphatic heterocycles. The minimum atomic E-state index is -0.0978. The standard InChI is InChI=1S/C21H21ClN4O2/c1-25-19(12-18(24-25)15-6-3-2-4-7-15)21(27)26-11-5-8-16(14-26)28-20-9-10-23-13-17(20)22/h2-4,6-7,9-10,12-13,16H,5,8,11,14H2,1H3/t16-/m0/s1. The average Bonchev–Trinajstić information content (AvgIpc) is 3.12. The number of ether oxygens (including phenoxy) is 1. The molecule has 0 bridgehead atoms. The quantitative estimate of drug-likeness (QED) is 0.672. The van der Waals surface area contributed by atoms with Crippen LogP contribution in [0.15, 0.2) is 54.9 Å². The first-order valence-electron chi connectivity index (χ1n) is 9.27. The molecule has 28 heavy (non-hydrogen) atoms. The Hall–Kier alpha value is -2.86. The number of halogens is 1. The molecule has 1 amide bonds. The van der Waals surface area contributed by atoms with Gasteiger partial charge in [0.15, 0.2) is 0 Å². The zero-order valence-electron chi connectivity index (χ0n) is 15.6. The zero-order valence-corrected chi connectivity index (χ0v) is 16.3. The van der Waals surface area contributed by atoms with Gasteiger partial charge in [0, 0.05) is 37.6 Å². The molecule has 1 atom stereocenters. The van der Waals surface area contributed by atoms with E-state index in [0.29, 0.717) is 29.6 Å². The van der Waals surface area contributed by atoms with Crippen LogP contribution in [-0.4, -0.2) is 44.8 Å². The molecule has 0 saturated carbocycles. The number of nitrogens with zero attached hydrogens (tertiary/aromatic N) is 4. The van der Waals surface area contributed by atoms with Crippen LogP contribution in [0.5, 0.6) is 5.75 Å². The summed E-state index contributed by atoms with van der Waals surface area (Å²) in [4.78, 5) is 18.9. The number of hydrogen-bond acceptors (Lipinski definition) is 4. The molecule has 3 heterocycles. The largest absolute Gasteiger partial charge is 0.487 e. The highest BCUT2D eigenvalue weighted by Crippen LogP contribution is 2.26. The van der Waals surface area contributed by atoms with Crippen molar-refractivity contribution in [2.75, 3.05) is 13.1 Å². The van der Waals surface area contributed by atoms with E-state index in [1.54, 1.807) is 30.2 Å². The molecule has 144 valence electrons. The van der Waals surface area contributed by atoms with Crippen molar-refractivity contribution in [2.24, 2.45) is 7.05 Å². The lowest BCUT2D eigenvalue weighted by Crippen LogP contribution is -2.44. The highest BCUT2D eigenvalue weighted by Gasteiger charge is 2.28. The van der Waals surface area contributed by atoms with Crippen molar-refractivity contribution in [1.82, 2.24) is 19.7 Å². The van der Waals surface area contributed by atoms with Crippen molar-refractivity contribution in [3.05, 3.63) is 65.6 Å². The Morgan fingerprint density at radius 2 is 2.07 bits per heavy atom. The van der Waals surface area contributed by atoms with Gasteiger partial charge >= 0.3 is 0 Å². The van der Waals surface area contributed by atoms with Gasteiger partial charge in [0.25, 0.3) is 5.91 Å². The summed E-state index contributed by atoms with van der Waals surface area (Å²) >= 11 is 6.14. The minimum absolute atomic E-state index is 0.0358. The van der Waals surface area contributed by atoms with Crippen molar-refractivity contribution >= 4 is 17.5 Å². The summed E-state index contributed by atoms with van der Waals surface area (Å²) in [5.74, 6) is 0.564. The van der Waals surface area contributed by atoms with Gasteiger partial charge in [0.1, 0.15) is 22.6 Å². The first-order valence-corrected chi connectivity index (χ1v) is 9.64. The predicted octanol–water partition coefficient (Wildman–Crippen LogP) is 3.82. The SMILES string of the molecule is Cn1nc(-c2ccccc2)cc1C(=O)N1CCC[C@H](Oc2ccncc2Cl)C1. The molecular weight excluding hydrogens is 376 g/mol. The second-order valence-electron chi connectivity index (χ2n) is 6.84. The van der Waals surface area contributed by atoms with Crippen LogP contribution in [-0.2, 0) is 7.05 Å². The molecule has 4 rings (SSSR count). The fourth-order valence-electron chi connectivity index (χ4n) is 3.44. The molecule has 6 nitrogen and oxygen atoms in total. The van der Waals surface area contributed by atoms with E-state index in [-0.39, 0.29) is 12.0 Å². The summed E-state index contributed by atoms with van der Waals surface area (Å²) in [7, 11) is 1.80. The van der Waals surface area contributed by atoms with E-state index < -0.39 is 0 Å². The molecule has 0 spiro atoms. The summed E-state index contributed by atoms with van der Waals surface area (Å²) in [6.45, 7) is 1.22. The summed E-state index contributed by atoms with van der Waals surface area (Å²) in [5.41, 5.74) is 2.35. The summed E-state index contributed by atoms with van der Waals surface area (Å²) in [5, 5.41) is 4.99. The molecule has 1 saturated heterocycles. The Bertz CT molecular complexity index is 974. The molecule has 1 aliphatic rings. The highest BCUT2D eigenvalue weighted by molar-refractivity contribution is 6.31. The fourth-order valence-corrected chi connectivity index (χ4v) is 3.60. The summed E-state index contributed by atoms with van der Waals surface area (Å²) in [6.07, 6.45) is 4.86. The number of rotatable bonds is 4. The van der Waals surface area contributed by atoms with Gasteiger partial charge in [-0.1, -0.05) is 41.9 Å². The molecule has 0 aliphatic carbocycles. The number of aryl methyl sites for hydroxylation is 1. The Kier molecular flexibility index (Phi) is 5.30. The number of pyridine rings is 1. The van der Waals surface area contributed by atoms with Crippen LogP contribution >= 0.6 is 11.6 Å². The maximum Gasteiger partial charge on any atom is 0.272 e. The molecule has 1 aromatic carbocycles. The van der Waals surface area contributed by atoms with Crippen LogP contribution in [0.1, 0.15) is 23.3 Å². The average molecular weight is 397 g/mol. The monoisotopic (exact) mass is 396 g/mol. The third kappa shape index (κ3) is 3.87. The molecule has 0 radical (unpaired) electrons. The van der Waals surface area contributed by atoms with Crippen LogP contribution in [0.25, 0.3) is 11.3 Å². The molecule has 0 N–H and O–H groups in total. The third-order valence-electron chi connectivity index (χ3n) is 4.86. The van der Waals surface area contributed by atoms with Crippen molar-refractivity contribution in [3.8, 4) is 17.0 Å². The maximum absolute atomic E-state index is 13.1. The van der Waals surface area contributed by atoms with E-state index in [1.807, 2.05) is 41.3 Å². The van der Waals surface area contributed by atoms with Gasteiger partial charge < -0.3 is 9.64 Å². The van der Waals surface area contributed by atoms with Crippen molar-refractivity contribution in [1.29, 1.82) is 0 Å². The van der Waals surface area contributed by atoms with Crippen molar-refractivity contribution < 1.29 is 9.53 Å². The third-order valence-corrected chi connectivity index (χ3v) is 5.15. The minimum Gasteiger partial charge on any atom is -0.487 e. The first kappa shape index (κ1) is 18.5. The number of amides is 1. The number of likely N-dealkylation sites (tertiary alicyclic amines) is 1. The van der Waals surface area contributed by atoms with E-state index in [4.69, 9.17) is 16.3 Å². The van der Waals surface area contributed by atoms with Crippen LogP contribution in [0.4, 0.5) is 0 Å². The fraction of sp³-hybridized carbons (Fsp3) is 0.286. The van der Waals surface area contributed by atoms with Gasteiger partial charge in [-0.15, -0.1) is 0 Å². The molecule has 3 aromatic rings. The number of benzene rings is 1. The molecule has 1 fully saturated rings. The number of hydrogen-bond donors (Lipinski definition) is 0. The second-order valence-corrected chi connectivity index (χ2v) is 7.25. The summed E-state index contributed by atoms with van der Waals surface area (Å²) < 4.78 is 7.67. The van der Waals surface area contributed by atoms with E-state index in [0.717, 1.165) is 24.1 Å². The van der Waals surface area contributed by atoms with Gasteiger partial charge in [-0.3, -0.25) is 14.5 Å². The Morgan fingerprint density at radius 3 is 2.86 bits per heavy atom. The number of aromatic nitrogens is 3. The second kappa shape index (κ2) is 8.02. The number of carbonyl (C=O) groups excluding carboxylic acids is 1. The van der Waals surface area contributed by atoms with Gasteiger partial charge in [-0.05, 0) is 18.9 Å². The molecule has 7 heteroatoms. The Morgan fingerprint density at radius 1 is 1.25 bits per heavy atom. The summed E-state index contributed by atoms with van der Waals surface area (Å²) in [6, 6.07) is 13.4. The molecule has 0 unspecified atom stereocenters. The Balaban J connectivity index is 1.49. The smallest absolute Gasteiger partial charge is 0.272 e. The van der Waals surface area contributed by atoms with Crippen LogP contribution in [0, 0.1) is 0 Å². The van der Waals surface area contributed by atoms with Crippen LogP contribution < -0.4 is 4.74 Å². The lowest BCUT2D eigenvalue weighted by molar-refractivity contribution is 0.0528. The van der Waals surface area contributed by atoms with E-state index in [2.05, 4.69) is 10.1 Å². The van der Waals surface area contributed by atoms with Crippen LogP contribution in [0.3, 0.4) is 0 Å². The Labute approximate surface area is 168 Å². The van der Waals surface area contributed by atoms with E-state index >= 15 is 0 Å². The van der Waals surface area contributed by atoms with Crippen molar-refractivity contribution in [2.45, 2.75) is 18.9 Å². The lowest BCUT2D eigenvalue weighted by Gasteiger charge is -2.33. The van der Waals surface area contributed by atoms with Crippen molar-refractivity contribution in [3.63, 3.8) is 0 Å². The molecular formula is C21H21ClN4O2. The van der Waals surface area contributed by atoms with Gasteiger partial charge in [0.05, 0.1) is 12.2 Å². The topological polar surface area (TPSA) is 60.2 Å². The highest BCUT2D eigenvalue weighted by atomic mass is 35.5. The first-order chi connectivity index (χ1) is 13.6. The normalized spacial score (nSPS) is 16.8.